The van der Waals surface area contributed by atoms with Crippen molar-refractivity contribution in [2.75, 3.05) is 13.1 Å². The highest BCUT2D eigenvalue weighted by Gasteiger charge is 2.05. The van der Waals surface area contributed by atoms with Crippen LogP contribution in [0.5, 0.6) is 0 Å². The van der Waals surface area contributed by atoms with E-state index in [4.69, 9.17) is 6.42 Å². The Morgan fingerprint density at radius 1 is 1.50 bits per heavy atom. The van der Waals surface area contributed by atoms with Crippen LogP contribution >= 0.6 is 15.9 Å². The number of hydrogen-bond donors (Lipinski definition) is 1. The Bertz CT molecular complexity index is 405. The fraction of sp³-hybridized carbons (Fsp3) is 0.250. The van der Waals surface area contributed by atoms with Crippen molar-refractivity contribution in [1.82, 2.24) is 5.32 Å². The maximum atomic E-state index is 13.0. The topological polar surface area (TPSA) is 29.1 Å². The van der Waals surface area contributed by atoms with Crippen molar-refractivity contribution in [1.29, 1.82) is 0 Å². The van der Waals surface area contributed by atoms with Gasteiger partial charge in [0, 0.05) is 10.9 Å². The number of hydrogen-bond acceptors (Lipinski definition) is 2. The molecule has 0 aliphatic heterocycles. The van der Waals surface area contributed by atoms with Crippen molar-refractivity contribution in [3.63, 3.8) is 0 Å². The van der Waals surface area contributed by atoms with Gasteiger partial charge in [0.05, 0.1) is 13.1 Å². The van der Waals surface area contributed by atoms with Gasteiger partial charge in [0.2, 0.25) is 0 Å². The van der Waals surface area contributed by atoms with Gasteiger partial charge >= 0.3 is 0 Å². The molecule has 0 bridgehead atoms. The summed E-state index contributed by atoms with van der Waals surface area (Å²) in [6, 6.07) is 4.43. The van der Waals surface area contributed by atoms with Gasteiger partial charge in [-0.05, 0) is 23.8 Å². The Labute approximate surface area is 102 Å². The van der Waals surface area contributed by atoms with Crippen molar-refractivity contribution in [3.8, 4) is 12.3 Å². The summed E-state index contributed by atoms with van der Waals surface area (Å²) in [6.45, 7) is 0.566. The second-order valence-electron chi connectivity index (χ2n) is 3.30. The number of ketones is 1. The zero-order chi connectivity index (χ0) is 12.0. The van der Waals surface area contributed by atoms with E-state index in [-0.39, 0.29) is 24.6 Å². The van der Waals surface area contributed by atoms with E-state index >= 15 is 0 Å². The molecule has 1 rings (SSSR count). The Kier molecular flexibility index (Phi) is 5.17. The van der Waals surface area contributed by atoms with Gasteiger partial charge in [-0.1, -0.05) is 21.9 Å². The van der Waals surface area contributed by atoms with E-state index in [1.165, 1.54) is 12.1 Å². The van der Waals surface area contributed by atoms with Crippen molar-refractivity contribution in [2.45, 2.75) is 6.42 Å². The molecule has 0 radical (unpaired) electrons. The molecule has 1 aromatic carbocycles. The molecule has 84 valence electrons. The number of carbonyl (C=O) groups excluding carboxylic acids is 1. The average Bonchev–Trinajstić information content (AvgIpc) is 2.16. The van der Waals surface area contributed by atoms with Crippen LogP contribution < -0.4 is 5.32 Å². The van der Waals surface area contributed by atoms with Crippen molar-refractivity contribution >= 4 is 21.7 Å². The quantitative estimate of drug-likeness (QED) is 0.661. The normalized spacial score (nSPS) is 9.81. The predicted octanol–water partition coefficient (Wildman–Crippen LogP) is 1.92. The van der Waals surface area contributed by atoms with Gasteiger partial charge in [-0.15, -0.1) is 6.42 Å². The standard InChI is InChI=1S/C12H11BrFNO/c1-2-3-15-8-12(16)6-9-4-10(13)7-11(14)5-9/h1,4-5,7,15H,3,6,8H2. The van der Waals surface area contributed by atoms with Gasteiger partial charge < -0.3 is 0 Å². The van der Waals surface area contributed by atoms with Gasteiger partial charge in [-0.25, -0.2) is 4.39 Å². The van der Waals surface area contributed by atoms with E-state index in [0.717, 1.165) is 0 Å². The van der Waals surface area contributed by atoms with E-state index in [9.17, 15) is 9.18 Å². The summed E-state index contributed by atoms with van der Waals surface area (Å²) in [5, 5.41) is 2.79. The van der Waals surface area contributed by atoms with Crippen LogP contribution in [-0.2, 0) is 11.2 Å². The lowest BCUT2D eigenvalue weighted by molar-refractivity contribution is -0.117. The summed E-state index contributed by atoms with van der Waals surface area (Å²) in [5.41, 5.74) is 0.652. The van der Waals surface area contributed by atoms with E-state index < -0.39 is 0 Å². The molecule has 0 unspecified atom stereocenters. The fourth-order valence-corrected chi connectivity index (χ4v) is 1.79. The van der Waals surface area contributed by atoms with Crippen LogP contribution in [0, 0.1) is 18.2 Å². The third-order valence-corrected chi connectivity index (χ3v) is 2.33. The summed E-state index contributed by atoms with van der Waals surface area (Å²) in [4.78, 5) is 11.4. The Balaban J connectivity index is 2.53. The number of Topliss-reactive ketones (excluding diaryl/α,β-unsaturated/α-hetero) is 1. The second kappa shape index (κ2) is 6.41. The molecule has 0 fully saturated rings. The van der Waals surface area contributed by atoms with Gasteiger partial charge in [-0.3, -0.25) is 10.1 Å². The van der Waals surface area contributed by atoms with Crippen LogP contribution in [0.25, 0.3) is 0 Å². The molecular formula is C12H11BrFNO. The molecule has 16 heavy (non-hydrogen) atoms. The maximum absolute atomic E-state index is 13.0. The summed E-state index contributed by atoms with van der Waals surface area (Å²) in [7, 11) is 0. The summed E-state index contributed by atoms with van der Waals surface area (Å²) >= 11 is 3.17. The maximum Gasteiger partial charge on any atom is 0.150 e. The number of halogens is 2. The summed E-state index contributed by atoms with van der Waals surface area (Å²) < 4.78 is 13.6. The first-order valence-corrected chi connectivity index (χ1v) is 5.52. The Morgan fingerprint density at radius 2 is 2.25 bits per heavy atom. The van der Waals surface area contributed by atoms with Crippen molar-refractivity contribution < 1.29 is 9.18 Å². The van der Waals surface area contributed by atoms with E-state index in [1.807, 2.05) is 0 Å². The first kappa shape index (κ1) is 12.9. The van der Waals surface area contributed by atoms with Crippen LogP contribution in [0.1, 0.15) is 5.56 Å². The minimum atomic E-state index is -0.353. The van der Waals surface area contributed by atoms with Crippen LogP contribution in [0.15, 0.2) is 22.7 Å². The van der Waals surface area contributed by atoms with Gasteiger partial charge in [0.15, 0.2) is 5.78 Å². The highest BCUT2D eigenvalue weighted by atomic mass is 79.9. The fourth-order valence-electron chi connectivity index (χ4n) is 1.28. The van der Waals surface area contributed by atoms with Gasteiger partial charge in [-0.2, -0.15) is 0 Å². The van der Waals surface area contributed by atoms with Crippen molar-refractivity contribution in [3.05, 3.63) is 34.1 Å². The zero-order valence-corrected chi connectivity index (χ0v) is 10.2. The van der Waals surface area contributed by atoms with E-state index in [2.05, 4.69) is 27.2 Å². The zero-order valence-electron chi connectivity index (χ0n) is 8.59. The Hall–Kier alpha value is -1.18. The number of benzene rings is 1. The van der Waals surface area contributed by atoms with Gasteiger partial charge in [0.25, 0.3) is 0 Å². The van der Waals surface area contributed by atoms with E-state index in [1.54, 1.807) is 6.07 Å². The average molecular weight is 284 g/mol. The van der Waals surface area contributed by atoms with Crippen molar-refractivity contribution in [2.24, 2.45) is 0 Å². The smallest absolute Gasteiger partial charge is 0.150 e. The Morgan fingerprint density at radius 3 is 2.88 bits per heavy atom. The highest BCUT2D eigenvalue weighted by Crippen LogP contribution is 2.15. The molecule has 4 heteroatoms. The third-order valence-electron chi connectivity index (χ3n) is 1.87. The number of terminal acetylenes is 1. The lowest BCUT2D eigenvalue weighted by atomic mass is 10.1. The molecule has 1 N–H and O–H groups in total. The lowest BCUT2D eigenvalue weighted by Gasteiger charge is -2.03. The van der Waals surface area contributed by atoms with Crippen LogP contribution in [0.2, 0.25) is 0 Å². The predicted molar refractivity (Wildman–Crippen MR) is 64.5 cm³/mol. The van der Waals surface area contributed by atoms with Gasteiger partial charge in [0.1, 0.15) is 5.82 Å². The molecule has 2 nitrogen and oxygen atoms in total. The van der Waals surface area contributed by atoms with E-state index in [0.29, 0.717) is 16.6 Å². The molecular weight excluding hydrogens is 273 g/mol. The highest BCUT2D eigenvalue weighted by molar-refractivity contribution is 9.10. The second-order valence-corrected chi connectivity index (χ2v) is 4.22. The number of carbonyl (C=O) groups is 1. The molecule has 0 aliphatic carbocycles. The number of rotatable bonds is 5. The molecule has 0 aromatic heterocycles. The molecule has 0 amide bonds. The summed E-state index contributed by atoms with van der Waals surface area (Å²) in [5.74, 6) is 2.00. The number of nitrogens with one attached hydrogen (secondary N) is 1. The molecule has 0 aliphatic rings. The summed E-state index contributed by atoms with van der Waals surface area (Å²) in [6.07, 6.45) is 5.23. The third kappa shape index (κ3) is 4.56. The lowest BCUT2D eigenvalue weighted by Crippen LogP contribution is -2.24. The molecule has 0 spiro atoms. The molecule has 0 saturated heterocycles. The monoisotopic (exact) mass is 283 g/mol. The molecule has 0 heterocycles. The SMILES string of the molecule is C#CCNCC(=O)Cc1cc(F)cc(Br)c1. The van der Waals surface area contributed by atoms with Crippen LogP contribution in [0.3, 0.4) is 0 Å². The first-order chi connectivity index (χ1) is 7.61. The van der Waals surface area contributed by atoms with Crippen LogP contribution in [-0.4, -0.2) is 18.9 Å². The largest absolute Gasteiger partial charge is 0.299 e. The first-order valence-electron chi connectivity index (χ1n) is 4.72. The molecule has 1 aromatic rings. The molecule has 0 saturated carbocycles. The molecule has 0 atom stereocenters. The van der Waals surface area contributed by atoms with Crippen LogP contribution in [0.4, 0.5) is 4.39 Å². The minimum Gasteiger partial charge on any atom is -0.299 e. The minimum absolute atomic E-state index is 0.0206.